The highest BCUT2D eigenvalue weighted by Crippen LogP contribution is 2.27. The van der Waals surface area contributed by atoms with Gasteiger partial charge in [0, 0.05) is 19.7 Å². The normalized spacial score (nSPS) is 10.0. The number of hydrogen-bond acceptors (Lipinski definition) is 5. The molecule has 104 valence electrons. The molecule has 0 heterocycles. The molecule has 0 saturated heterocycles. The number of ether oxygens (including phenoxy) is 1. The molecular formula is C12H17N3O4. The quantitative estimate of drug-likeness (QED) is 0.438. The first-order valence-electron chi connectivity index (χ1n) is 5.79. The molecule has 1 aromatic carbocycles. The van der Waals surface area contributed by atoms with Crippen LogP contribution in [0.25, 0.3) is 0 Å². The van der Waals surface area contributed by atoms with Crippen LogP contribution in [-0.4, -0.2) is 37.6 Å². The first-order chi connectivity index (χ1) is 9.06. The van der Waals surface area contributed by atoms with Crippen molar-refractivity contribution in [2.24, 2.45) is 0 Å². The maximum atomic E-state index is 11.5. The van der Waals surface area contributed by atoms with Gasteiger partial charge in [-0.15, -0.1) is 0 Å². The number of methoxy groups -OCH3 is 1. The molecule has 1 rings (SSSR count). The van der Waals surface area contributed by atoms with E-state index in [0.29, 0.717) is 18.8 Å². The monoisotopic (exact) mass is 267 g/mol. The highest BCUT2D eigenvalue weighted by atomic mass is 16.6. The molecule has 19 heavy (non-hydrogen) atoms. The maximum absolute atomic E-state index is 11.5. The number of hydrogen-bond donors (Lipinski definition) is 2. The zero-order valence-corrected chi connectivity index (χ0v) is 10.9. The molecule has 2 N–H and O–H groups in total. The largest absolute Gasteiger partial charge is 0.383 e. The lowest BCUT2D eigenvalue weighted by atomic mass is 10.1. The van der Waals surface area contributed by atoms with Gasteiger partial charge in [0.2, 0.25) is 5.91 Å². The number of benzene rings is 1. The Morgan fingerprint density at radius 3 is 2.84 bits per heavy atom. The van der Waals surface area contributed by atoms with E-state index in [4.69, 9.17) is 4.74 Å². The molecule has 7 nitrogen and oxygen atoms in total. The second kappa shape index (κ2) is 7.32. The summed E-state index contributed by atoms with van der Waals surface area (Å²) in [6.45, 7) is 2.57. The molecule has 0 aliphatic heterocycles. The summed E-state index contributed by atoms with van der Waals surface area (Å²) in [7, 11) is 1.54. The van der Waals surface area contributed by atoms with Gasteiger partial charge in [-0.2, -0.15) is 0 Å². The Morgan fingerprint density at radius 2 is 2.21 bits per heavy atom. The van der Waals surface area contributed by atoms with E-state index in [0.717, 1.165) is 5.56 Å². The first kappa shape index (κ1) is 14.9. The number of carbonyl (C=O) groups excluding carboxylic acids is 1. The lowest BCUT2D eigenvalue weighted by Gasteiger charge is -2.10. The van der Waals surface area contributed by atoms with Crippen molar-refractivity contribution in [3.8, 4) is 0 Å². The summed E-state index contributed by atoms with van der Waals surface area (Å²) in [4.78, 5) is 21.9. The predicted octanol–water partition coefficient (Wildman–Crippen LogP) is 1.08. The Hall–Kier alpha value is -2.15. The van der Waals surface area contributed by atoms with Crippen LogP contribution in [0.5, 0.6) is 0 Å². The van der Waals surface area contributed by atoms with Crippen molar-refractivity contribution in [3.63, 3.8) is 0 Å². The number of para-hydroxylation sites is 1. The SMILES string of the molecule is COCCNC(=O)CNc1c(C)cccc1[N+](=O)[O-]. The zero-order valence-electron chi connectivity index (χ0n) is 10.9. The van der Waals surface area contributed by atoms with Gasteiger partial charge in [0.15, 0.2) is 0 Å². The number of nitro groups is 1. The number of nitrogens with one attached hydrogen (secondary N) is 2. The van der Waals surface area contributed by atoms with Gasteiger partial charge >= 0.3 is 0 Å². The molecule has 0 radical (unpaired) electrons. The molecule has 0 aliphatic carbocycles. The van der Waals surface area contributed by atoms with Crippen LogP contribution in [0.15, 0.2) is 18.2 Å². The fourth-order valence-electron chi connectivity index (χ4n) is 1.56. The number of nitro benzene ring substituents is 1. The van der Waals surface area contributed by atoms with E-state index in [1.165, 1.54) is 6.07 Å². The van der Waals surface area contributed by atoms with Crippen LogP contribution in [0.2, 0.25) is 0 Å². The van der Waals surface area contributed by atoms with E-state index in [-0.39, 0.29) is 18.1 Å². The third-order valence-corrected chi connectivity index (χ3v) is 2.50. The Labute approximate surface area is 111 Å². The number of rotatable bonds is 7. The summed E-state index contributed by atoms with van der Waals surface area (Å²) in [5, 5.41) is 16.3. The summed E-state index contributed by atoms with van der Waals surface area (Å²) in [5.41, 5.74) is 1.05. The summed E-state index contributed by atoms with van der Waals surface area (Å²) < 4.78 is 4.80. The van der Waals surface area contributed by atoms with E-state index >= 15 is 0 Å². The fraction of sp³-hybridized carbons (Fsp3) is 0.417. The number of nitrogens with zero attached hydrogens (tertiary/aromatic N) is 1. The summed E-state index contributed by atoms with van der Waals surface area (Å²) in [6.07, 6.45) is 0. The van der Waals surface area contributed by atoms with Crippen LogP contribution >= 0.6 is 0 Å². The van der Waals surface area contributed by atoms with Crippen LogP contribution in [0.3, 0.4) is 0 Å². The van der Waals surface area contributed by atoms with Gasteiger partial charge in [0.05, 0.1) is 18.1 Å². The van der Waals surface area contributed by atoms with Gasteiger partial charge in [-0.1, -0.05) is 12.1 Å². The van der Waals surface area contributed by atoms with Crippen molar-refractivity contribution in [2.45, 2.75) is 6.92 Å². The molecule has 7 heteroatoms. The molecule has 0 spiro atoms. The standard InChI is InChI=1S/C12H17N3O4/c1-9-4-3-5-10(15(17)18)12(9)14-8-11(16)13-6-7-19-2/h3-5,14H,6-8H2,1-2H3,(H,13,16). The van der Waals surface area contributed by atoms with Crippen LogP contribution in [0.4, 0.5) is 11.4 Å². The van der Waals surface area contributed by atoms with Crippen molar-refractivity contribution >= 4 is 17.3 Å². The van der Waals surface area contributed by atoms with Crippen molar-refractivity contribution in [1.29, 1.82) is 0 Å². The average molecular weight is 267 g/mol. The van der Waals surface area contributed by atoms with Crippen LogP contribution in [0, 0.1) is 17.0 Å². The maximum Gasteiger partial charge on any atom is 0.292 e. The lowest BCUT2D eigenvalue weighted by Crippen LogP contribution is -2.32. The van der Waals surface area contributed by atoms with Gasteiger partial charge in [-0.25, -0.2) is 0 Å². The third-order valence-electron chi connectivity index (χ3n) is 2.50. The molecule has 1 aromatic rings. The Balaban J connectivity index is 2.62. The van der Waals surface area contributed by atoms with Crippen molar-refractivity contribution < 1.29 is 14.5 Å². The average Bonchev–Trinajstić information content (AvgIpc) is 2.37. The van der Waals surface area contributed by atoms with E-state index in [1.54, 1.807) is 26.2 Å². The Bertz CT molecular complexity index is 462. The zero-order chi connectivity index (χ0) is 14.3. The lowest BCUT2D eigenvalue weighted by molar-refractivity contribution is -0.384. The van der Waals surface area contributed by atoms with Crippen LogP contribution < -0.4 is 10.6 Å². The third kappa shape index (κ3) is 4.55. The van der Waals surface area contributed by atoms with Crippen molar-refractivity contribution in [1.82, 2.24) is 5.32 Å². The molecule has 0 aromatic heterocycles. The smallest absolute Gasteiger partial charge is 0.292 e. The van der Waals surface area contributed by atoms with E-state index in [1.807, 2.05) is 0 Å². The molecule has 0 unspecified atom stereocenters. The first-order valence-corrected chi connectivity index (χ1v) is 5.79. The minimum atomic E-state index is -0.474. The number of amides is 1. The van der Waals surface area contributed by atoms with Gasteiger partial charge in [0.25, 0.3) is 5.69 Å². The van der Waals surface area contributed by atoms with Crippen molar-refractivity contribution in [2.75, 3.05) is 32.1 Å². The van der Waals surface area contributed by atoms with Gasteiger partial charge in [-0.05, 0) is 12.5 Å². The fourth-order valence-corrected chi connectivity index (χ4v) is 1.56. The molecule has 0 atom stereocenters. The van der Waals surface area contributed by atoms with Crippen LogP contribution in [0.1, 0.15) is 5.56 Å². The topological polar surface area (TPSA) is 93.5 Å². The van der Waals surface area contributed by atoms with Crippen molar-refractivity contribution in [3.05, 3.63) is 33.9 Å². The van der Waals surface area contributed by atoms with Gasteiger partial charge < -0.3 is 15.4 Å². The van der Waals surface area contributed by atoms with E-state index < -0.39 is 4.92 Å². The van der Waals surface area contributed by atoms with Crippen LogP contribution in [-0.2, 0) is 9.53 Å². The predicted molar refractivity (Wildman–Crippen MR) is 71.2 cm³/mol. The second-order valence-electron chi connectivity index (χ2n) is 3.92. The van der Waals surface area contributed by atoms with E-state index in [2.05, 4.69) is 10.6 Å². The number of aryl methyl sites for hydroxylation is 1. The number of anilines is 1. The van der Waals surface area contributed by atoms with E-state index in [9.17, 15) is 14.9 Å². The highest BCUT2D eigenvalue weighted by molar-refractivity contribution is 5.82. The molecule has 1 amide bonds. The minimum absolute atomic E-state index is 0.0184. The highest BCUT2D eigenvalue weighted by Gasteiger charge is 2.15. The van der Waals surface area contributed by atoms with Gasteiger partial charge in [0.1, 0.15) is 5.69 Å². The Morgan fingerprint density at radius 1 is 1.47 bits per heavy atom. The molecule has 0 saturated carbocycles. The summed E-state index contributed by atoms with van der Waals surface area (Å²) in [5.74, 6) is -0.241. The van der Waals surface area contributed by atoms with Gasteiger partial charge in [-0.3, -0.25) is 14.9 Å². The minimum Gasteiger partial charge on any atom is -0.383 e. The summed E-state index contributed by atoms with van der Waals surface area (Å²) in [6, 6.07) is 4.76. The second-order valence-corrected chi connectivity index (χ2v) is 3.92. The molecule has 0 bridgehead atoms. The summed E-state index contributed by atoms with van der Waals surface area (Å²) >= 11 is 0. The molecule has 0 fully saturated rings. The number of carbonyl (C=O) groups is 1. The molecule has 0 aliphatic rings. The Kier molecular flexibility index (Phi) is 5.74. The molecular weight excluding hydrogens is 250 g/mol.